The van der Waals surface area contributed by atoms with Crippen LogP contribution in [0.15, 0.2) is 34.7 Å². The summed E-state index contributed by atoms with van der Waals surface area (Å²) < 4.78 is 48.5. The van der Waals surface area contributed by atoms with Crippen molar-refractivity contribution < 1.29 is 37.5 Å². The molecule has 0 bridgehead atoms. The molecule has 2 atom stereocenters. The molecule has 0 aromatic heterocycles. The normalized spacial score (nSPS) is 17.5. The summed E-state index contributed by atoms with van der Waals surface area (Å²) in [6, 6.07) is 1.16. The number of allylic oxidation sites excluding steroid dienone is 2. The van der Waals surface area contributed by atoms with Gasteiger partial charge < -0.3 is 15.2 Å². The molecule has 30 heavy (non-hydrogen) atoms. The van der Waals surface area contributed by atoms with Gasteiger partial charge in [0.15, 0.2) is 0 Å². The zero-order chi connectivity index (χ0) is 22.7. The van der Waals surface area contributed by atoms with Crippen LogP contribution in [0.3, 0.4) is 0 Å². The first kappa shape index (κ1) is 22.9. The number of carbonyl (C=O) groups is 2. The van der Waals surface area contributed by atoms with Crippen molar-refractivity contribution in [2.24, 2.45) is 0 Å². The van der Waals surface area contributed by atoms with Crippen molar-refractivity contribution >= 4 is 17.6 Å². The summed E-state index contributed by atoms with van der Waals surface area (Å²) in [6.07, 6.45) is -0.297. The molecule has 0 radical (unpaired) electrons. The highest BCUT2D eigenvalue weighted by molar-refractivity contribution is 5.99. The van der Waals surface area contributed by atoms with E-state index in [4.69, 9.17) is 4.74 Å². The fourth-order valence-electron chi connectivity index (χ4n) is 3.11. The predicted molar refractivity (Wildman–Crippen MR) is 98.1 cm³/mol. The highest BCUT2D eigenvalue weighted by atomic mass is 19.1. The average Bonchev–Trinajstić information content (AvgIpc) is 2.66. The van der Waals surface area contributed by atoms with Crippen LogP contribution < -0.4 is 5.32 Å². The lowest BCUT2D eigenvalue weighted by atomic mass is 9.79. The second-order valence-corrected chi connectivity index (χ2v) is 6.60. The van der Waals surface area contributed by atoms with Gasteiger partial charge in [0.25, 0.3) is 0 Å². The van der Waals surface area contributed by atoms with Crippen molar-refractivity contribution in [1.82, 2.24) is 5.32 Å². The molecule has 8 nitrogen and oxygen atoms in total. The lowest BCUT2D eigenvalue weighted by Crippen LogP contribution is -2.35. The zero-order valence-electron chi connectivity index (χ0n) is 16.3. The van der Waals surface area contributed by atoms with E-state index in [1.165, 1.54) is 13.8 Å². The molecule has 0 saturated heterocycles. The zero-order valence-corrected chi connectivity index (χ0v) is 16.3. The number of dihydropyridines is 1. The van der Waals surface area contributed by atoms with Crippen molar-refractivity contribution in [1.29, 1.82) is 0 Å². The van der Waals surface area contributed by atoms with Crippen molar-refractivity contribution in [2.45, 2.75) is 39.2 Å². The van der Waals surface area contributed by atoms with E-state index in [9.17, 15) is 38.0 Å². The van der Waals surface area contributed by atoms with Crippen molar-refractivity contribution in [3.63, 3.8) is 0 Å². The first-order valence-corrected chi connectivity index (χ1v) is 8.88. The number of nitrogens with zero attached hydrogens (tertiary/aromatic N) is 1. The molecule has 0 fully saturated rings. The third kappa shape index (κ3) is 4.14. The smallest absolute Gasteiger partial charge is 0.337 e. The quantitative estimate of drug-likeness (QED) is 0.388. The number of nitrogens with one attached hydrogen (secondary N) is 1. The Balaban J connectivity index is 2.86. The number of carboxylic acid groups (broad SMARTS) is 1. The summed E-state index contributed by atoms with van der Waals surface area (Å²) >= 11 is 0. The third-order valence-electron chi connectivity index (χ3n) is 4.70. The van der Waals surface area contributed by atoms with Gasteiger partial charge in [-0.25, -0.2) is 18.4 Å². The van der Waals surface area contributed by atoms with Gasteiger partial charge >= 0.3 is 17.6 Å². The van der Waals surface area contributed by atoms with Gasteiger partial charge in [0.2, 0.25) is 5.82 Å². The Morgan fingerprint density at radius 3 is 2.47 bits per heavy atom. The average molecular weight is 428 g/mol. The topological polar surface area (TPSA) is 119 Å². The highest BCUT2D eigenvalue weighted by Crippen LogP contribution is 2.42. The van der Waals surface area contributed by atoms with E-state index in [0.29, 0.717) is 18.6 Å². The minimum Gasteiger partial charge on any atom is -0.478 e. The van der Waals surface area contributed by atoms with Gasteiger partial charge in [0, 0.05) is 17.3 Å². The molecule has 1 aliphatic heterocycles. The molecule has 0 aliphatic carbocycles. The lowest BCUT2D eigenvalue weighted by molar-refractivity contribution is -0.387. The van der Waals surface area contributed by atoms with Crippen LogP contribution >= 0.6 is 0 Å². The first-order chi connectivity index (χ1) is 14.0. The number of carbonyl (C=O) groups excluding carboxylic acids is 1. The number of nitro groups is 1. The second kappa shape index (κ2) is 8.97. The molecule has 2 N–H and O–H groups in total. The molecule has 1 aromatic rings. The fraction of sp³-hybridized carbons (Fsp3) is 0.368. The first-order valence-electron chi connectivity index (χ1n) is 8.88. The highest BCUT2D eigenvalue weighted by Gasteiger charge is 2.42. The number of esters is 1. The van der Waals surface area contributed by atoms with Crippen LogP contribution in [-0.4, -0.2) is 34.7 Å². The van der Waals surface area contributed by atoms with E-state index >= 15 is 0 Å². The molecule has 1 heterocycles. The summed E-state index contributed by atoms with van der Waals surface area (Å²) in [5, 5.41) is 23.2. The summed E-state index contributed by atoms with van der Waals surface area (Å²) in [5.41, 5.74) is -4.12. The van der Waals surface area contributed by atoms with E-state index in [1.807, 2.05) is 0 Å². The summed E-state index contributed by atoms with van der Waals surface area (Å²) in [5.74, 6) is -7.80. The SMILES string of the molecule is CCC(C)OC(=O)C1=C(CF)NC(C)=C(C(=O)O)C1c1c(F)ccc([N+](=O)[O-])c1F. The van der Waals surface area contributed by atoms with E-state index in [2.05, 4.69) is 5.32 Å². The molecule has 1 aliphatic rings. The predicted octanol–water partition coefficient (Wildman–Crippen LogP) is 3.48. The number of hydrogen-bond acceptors (Lipinski definition) is 6. The van der Waals surface area contributed by atoms with Crippen LogP contribution in [-0.2, 0) is 14.3 Å². The molecule has 162 valence electrons. The number of nitro benzene ring substituents is 1. The Kier molecular flexibility index (Phi) is 6.85. The molecule has 11 heteroatoms. The maximum Gasteiger partial charge on any atom is 0.337 e. The molecule has 0 spiro atoms. The number of halogens is 3. The molecule has 2 rings (SSSR count). The van der Waals surface area contributed by atoms with Gasteiger partial charge in [-0.1, -0.05) is 6.92 Å². The fourth-order valence-corrected chi connectivity index (χ4v) is 3.11. The van der Waals surface area contributed by atoms with Crippen LogP contribution in [0, 0.1) is 21.7 Å². The van der Waals surface area contributed by atoms with E-state index in [0.717, 1.165) is 0 Å². The number of hydrogen-bond donors (Lipinski definition) is 2. The van der Waals surface area contributed by atoms with Gasteiger partial charge in [0.05, 0.1) is 33.8 Å². The van der Waals surface area contributed by atoms with E-state index in [1.54, 1.807) is 6.92 Å². The van der Waals surface area contributed by atoms with Gasteiger partial charge in [-0.05, 0) is 26.3 Å². The van der Waals surface area contributed by atoms with Crippen LogP contribution in [0.4, 0.5) is 18.9 Å². The molecule has 0 saturated carbocycles. The minimum atomic E-state index is -1.97. The number of benzene rings is 1. The lowest BCUT2D eigenvalue weighted by Gasteiger charge is -2.30. The Morgan fingerprint density at radius 1 is 1.33 bits per heavy atom. The Morgan fingerprint density at radius 2 is 1.97 bits per heavy atom. The molecular formula is C19H19F3N2O6. The standard InChI is InChI=1S/C19H19F3N2O6/c1-4-8(2)30-19(27)15-11(7-20)23-9(3)13(18(25)26)16(15)14-10(21)5-6-12(17(14)22)24(28)29/h5-6,8,16,23H,4,7H2,1-3H3,(H,25,26). The van der Waals surface area contributed by atoms with E-state index in [-0.39, 0.29) is 5.70 Å². The summed E-state index contributed by atoms with van der Waals surface area (Å²) in [4.78, 5) is 34.6. The van der Waals surface area contributed by atoms with Crippen molar-refractivity contribution in [3.05, 3.63) is 62.0 Å². The van der Waals surface area contributed by atoms with Crippen LogP contribution in [0.2, 0.25) is 0 Å². The molecule has 1 aromatic carbocycles. The van der Waals surface area contributed by atoms with Gasteiger partial charge in [-0.2, -0.15) is 4.39 Å². The van der Waals surface area contributed by atoms with Gasteiger partial charge in [-0.3, -0.25) is 10.1 Å². The van der Waals surface area contributed by atoms with Crippen LogP contribution in [0.5, 0.6) is 0 Å². The minimum absolute atomic E-state index is 0.175. The molecular weight excluding hydrogens is 409 g/mol. The second-order valence-electron chi connectivity index (χ2n) is 6.60. The Bertz CT molecular complexity index is 973. The Hall–Kier alpha value is -3.37. The number of ether oxygens (including phenoxy) is 1. The Labute approximate surface area is 169 Å². The number of carboxylic acids is 1. The monoisotopic (exact) mass is 428 g/mol. The molecule has 2 unspecified atom stereocenters. The van der Waals surface area contributed by atoms with Crippen LogP contribution in [0.25, 0.3) is 0 Å². The van der Waals surface area contributed by atoms with Crippen molar-refractivity contribution in [3.8, 4) is 0 Å². The summed E-state index contributed by atoms with van der Waals surface area (Å²) in [7, 11) is 0. The van der Waals surface area contributed by atoms with Gasteiger partial charge in [0.1, 0.15) is 12.5 Å². The third-order valence-corrected chi connectivity index (χ3v) is 4.70. The van der Waals surface area contributed by atoms with E-state index < -0.39 is 75.3 Å². The van der Waals surface area contributed by atoms with Crippen LogP contribution in [0.1, 0.15) is 38.7 Å². The van der Waals surface area contributed by atoms with Crippen molar-refractivity contribution in [2.75, 3.05) is 6.67 Å². The maximum atomic E-state index is 14.9. The number of aliphatic carboxylic acids is 1. The maximum absolute atomic E-state index is 14.9. The number of alkyl halides is 1. The largest absolute Gasteiger partial charge is 0.478 e. The number of rotatable bonds is 7. The molecule has 0 amide bonds. The van der Waals surface area contributed by atoms with Gasteiger partial charge in [-0.15, -0.1) is 0 Å². The summed E-state index contributed by atoms with van der Waals surface area (Å²) in [6.45, 7) is 3.12.